The van der Waals surface area contributed by atoms with Crippen LogP contribution < -0.4 is 26.6 Å². The van der Waals surface area contributed by atoms with Crippen LogP contribution in [-0.4, -0.2) is 95.1 Å². The lowest BCUT2D eigenvalue weighted by Gasteiger charge is -2.37. The number of hydrogen-bond donors (Lipinski definition) is 6. The van der Waals surface area contributed by atoms with Crippen LogP contribution in [0.3, 0.4) is 0 Å². The molecule has 0 aromatic rings. The number of allylic oxidation sites excluding steroid dienone is 1. The number of carbonyl (C=O) groups excluding carboxylic acids is 5. The van der Waals surface area contributed by atoms with Gasteiger partial charge in [-0.05, 0) is 69.4 Å². The number of amides is 5. The van der Waals surface area contributed by atoms with Gasteiger partial charge >= 0.3 is 6.03 Å². The van der Waals surface area contributed by atoms with Crippen molar-refractivity contribution in [2.24, 2.45) is 17.3 Å². The first kappa shape index (κ1) is 45.1. The van der Waals surface area contributed by atoms with E-state index in [1.807, 2.05) is 48.5 Å². The summed E-state index contributed by atoms with van der Waals surface area (Å²) in [6, 6.07) is -3.62. The molecule has 296 valence electrons. The summed E-state index contributed by atoms with van der Waals surface area (Å²) in [6.45, 7) is 18.4. The second-order valence-electron chi connectivity index (χ2n) is 15.7. The Balaban J connectivity index is 2.31. The number of carbonyl (C=O) groups is 5. The molecule has 1 aliphatic carbocycles. The summed E-state index contributed by atoms with van der Waals surface area (Å²) in [5, 5.41) is 14.9. The summed E-state index contributed by atoms with van der Waals surface area (Å²) in [4.78, 5) is 69.7. The molecule has 1 heterocycles. The molecule has 2 fully saturated rings. The van der Waals surface area contributed by atoms with Gasteiger partial charge in [0.1, 0.15) is 17.8 Å². The SMILES string of the molecule is C=CCNC(=O)C(=O)C(CCCC)NC(=O)[C@@H]1[C@@H](C)C(=C(C)C)CN1C(=O)[C@@H](NC(=O)N[C@H](CNCCCC[SH+](=O)O)C1CCCCC1)C(C)(C)C. The van der Waals surface area contributed by atoms with Crippen molar-refractivity contribution in [3.63, 3.8) is 0 Å². The van der Waals surface area contributed by atoms with Gasteiger partial charge in [-0.2, -0.15) is 4.55 Å². The maximum atomic E-state index is 14.6. The van der Waals surface area contributed by atoms with Gasteiger partial charge in [0.05, 0.1) is 6.04 Å². The van der Waals surface area contributed by atoms with E-state index in [0.29, 0.717) is 25.9 Å². The molecule has 0 aromatic carbocycles. The average Bonchev–Trinajstić information content (AvgIpc) is 3.45. The Morgan fingerprint density at radius 3 is 2.27 bits per heavy atom. The van der Waals surface area contributed by atoms with Crippen molar-refractivity contribution in [1.29, 1.82) is 0 Å². The molecule has 6 N–H and O–H groups in total. The van der Waals surface area contributed by atoms with E-state index in [-0.39, 0.29) is 43.1 Å². The predicted molar refractivity (Wildman–Crippen MR) is 207 cm³/mol. The van der Waals surface area contributed by atoms with E-state index in [9.17, 15) is 28.2 Å². The van der Waals surface area contributed by atoms with Gasteiger partial charge in [0.15, 0.2) is 0 Å². The van der Waals surface area contributed by atoms with E-state index in [1.165, 1.54) is 11.0 Å². The number of thiol groups is 1. The number of unbranched alkanes of at least 4 members (excludes halogenated alkanes) is 2. The molecule has 1 saturated heterocycles. The van der Waals surface area contributed by atoms with Crippen molar-refractivity contribution >= 4 is 40.6 Å². The molecule has 6 atom stereocenters. The van der Waals surface area contributed by atoms with Gasteiger partial charge in [-0.15, -0.1) is 6.58 Å². The van der Waals surface area contributed by atoms with Gasteiger partial charge in [-0.3, -0.25) is 19.2 Å². The van der Waals surface area contributed by atoms with E-state index in [2.05, 4.69) is 33.2 Å². The Kier molecular flexibility index (Phi) is 19.2. The summed E-state index contributed by atoms with van der Waals surface area (Å²) in [6.07, 6.45) is 9.83. The topological polar surface area (TPSA) is 186 Å². The lowest BCUT2D eigenvalue weighted by Crippen LogP contribution is -2.61. The fourth-order valence-corrected chi connectivity index (χ4v) is 7.70. The Labute approximate surface area is 314 Å². The highest BCUT2D eigenvalue weighted by Gasteiger charge is 2.47. The highest BCUT2D eigenvalue weighted by molar-refractivity contribution is 7.79. The zero-order chi connectivity index (χ0) is 39.0. The van der Waals surface area contributed by atoms with Crippen molar-refractivity contribution in [2.45, 2.75) is 137 Å². The van der Waals surface area contributed by atoms with E-state index >= 15 is 0 Å². The Morgan fingerprint density at radius 2 is 1.69 bits per heavy atom. The highest BCUT2D eigenvalue weighted by Crippen LogP contribution is 2.34. The van der Waals surface area contributed by atoms with Gasteiger partial charge in [0.2, 0.25) is 28.7 Å². The monoisotopic (exact) mass is 751 g/mol. The maximum absolute atomic E-state index is 14.6. The van der Waals surface area contributed by atoms with Crippen LogP contribution in [0.15, 0.2) is 23.8 Å². The van der Waals surface area contributed by atoms with Crippen molar-refractivity contribution < 1.29 is 32.7 Å². The molecule has 2 unspecified atom stereocenters. The summed E-state index contributed by atoms with van der Waals surface area (Å²) in [5.74, 6) is -2.29. The smallest absolute Gasteiger partial charge is 0.315 e. The van der Waals surface area contributed by atoms with Crippen molar-refractivity contribution in [2.75, 3.05) is 31.9 Å². The fraction of sp³-hybridized carbons (Fsp3) is 0.763. The van der Waals surface area contributed by atoms with Gasteiger partial charge in [0.25, 0.3) is 5.91 Å². The number of hydrogen-bond acceptors (Lipinski definition) is 7. The molecule has 2 aliphatic rings. The molecule has 1 saturated carbocycles. The molecular weight excluding hydrogens is 685 g/mol. The molecule has 2 rings (SSSR count). The summed E-state index contributed by atoms with van der Waals surface area (Å²) >= 11 is -2.14. The quantitative estimate of drug-likeness (QED) is 0.0355. The minimum absolute atomic E-state index is 0.118. The van der Waals surface area contributed by atoms with E-state index < -0.39 is 64.2 Å². The van der Waals surface area contributed by atoms with Crippen LogP contribution in [0.2, 0.25) is 0 Å². The van der Waals surface area contributed by atoms with Crippen LogP contribution in [-0.2, 0) is 34.5 Å². The number of nitrogens with one attached hydrogen (secondary N) is 5. The molecule has 14 heteroatoms. The fourth-order valence-electron chi connectivity index (χ4n) is 7.21. The second-order valence-corrected chi connectivity index (χ2v) is 16.9. The third kappa shape index (κ3) is 14.0. The van der Waals surface area contributed by atoms with Crippen LogP contribution in [0.1, 0.15) is 113 Å². The standard InChI is InChI=1S/C38H66N6O7S/c1-9-11-19-29(32(45)35(47)40-20-10-2)41-34(46)31-26(5)28(25(3)4)24-44(31)36(48)33(38(6,7)8)43-37(49)42-30(27-17-13-12-14-18-27)23-39-21-15-16-22-52(50)51/h10,26-27,29-31,33,39H,2,9,11-24H2,1,3-8H3,(H,40,47)(H,41,46)(H,50,51)(H2,42,43,49)/p+1/t26-,29?,30+,31-,33+/m0/s1. The number of ketones is 1. The van der Waals surface area contributed by atoms with Gasteiger partial charge in [-0.1, -0.05) is 82.6 Å². The Morgan fingerprint density at radius 1 is 1.02 bits per heavy atom. The molecule has 52 heavy (non-hydrogen) atoms. The zero-order valence-electron chi connectivity index (χ0n) is 32.6. The summed E-state index contributed by atoms with van der Waals surface area (Å²) in [7, 11) is 0. The number of rotatable bonds is 20. The van der Waals surface area contributed by atoms with Crippen LogP contribution >= 0.6 is 0 Å². The first-order valence-corrected chi connectivity index (χ1v) is 20.5. The van der Waals surface area contributed by atoms with Crippen molar-refractivity contribution in [1.82, 2.24) is 31.5 Å². The lowest BCUT2D eigenvalue weighted by atomic mass is 9.83. The van der Waals surface area contributed by atoms with E-state index in [1.54, 1.807) is 0 Å². The zero-order valence-corrected chi connectivity index (χ0v) is 33.5. The largest absolute Gasteiger partial charge is 0.346 e. The van der Waals surface area contributed by atoms with E-state index in [0.717, 1.165) is 56.1 Å². The molecule has 0 radical (unpaired) electrons. The van der Waals surface area contributed by atoms with E-state index in [4.69, 9.17) is 4.55 Å². The molecule has 13 nitrogen and oxygen atoms in total. The minimum Gasteiger partial charge on any atom is -0.346 e. The molecule has 0 bridgehead atoms. The van der Waals surface area contributed by atoms with Gasteiger partial charge < -0.3 is 31.5 Å². The first-order valence-electron chi connectivity index (χ1n) is 19.1. The van der Waals surface area contributed by atoms with Gasteiger partial charge in [0, 0.05) is 31.6 Å². The molecule has 1 aliphatic heterocycles. The molecular formula is C38H67N6O7S+. The Bertz CT molecular complexity index is 1290. The highest BCUT2D eigenvalue weighted by atomic mass is 32.2. The maximum Gasteiger partial charge on any atom is 0.315 e. The van der Waals surface area contributed by atoms with Crippen LogP contribution in [0.25, 0.3) is 0 Å². The lowest BCUT2D eigenvalue weighted by molar-refractivity contribution is -0.144. The molecule has 0 spiro atoms. The number of likely N-dealkylation sites (tertiary alicyclic amines) is 1. The molecule has 5 amide bonds. The number of urea groups is 1. The van der Waals surface area contributed by atoms with Crippen LogP contribution in [0.5, 0.6) is 0 Å². The van der Waals surface area contributed by atoms with Crippen molar-refractivity contribution in [3.8, 4) is 0 Å². The van der Waals surface area contributed by atoms with Crippen LogP contribution in [0, 0.1) is 17.3 Å². The van der Waals surface area contributed by atoms with Crippen molar-refractivity contribution in [3.05, 3.63) is 23.8 Å². The summed E-state index contributed by atoms with van der Waals surface area (Å²) < 4.78 is 20.1. The van der Waals surface area contributed by atoms with Crippen LogP contribution in [0.4, 0.5) is 4.79 Å². The normalized spacial score (nSPS) is 20.3. The third-order valence-electron chi connectivity index (χ3n) is 10.2. The second kappa shape index (κ2) is 22.2. The van der Waals surface area contributed by atoms with Gasteiger partial charge in [-0.25, -0.2) is 4.79 Å². The number of nitrogens with zero attached hydrogens (tertiary/aromatic N) is 1. The number of Topliss-reactive ketones (excluding diaryl/α,β-unsaturated/α-hetero) is 1. The molecule has 0 aromatic heterocycles. The average molecular weight is 752 g/mol. The first-order chi connectivity index (χ1) is 24.5. The minimum atomic E-state index is -2.14. The Hall–Kier alpha value is -3.10. The third-order valence-corrected chi connectivity index (χ3v) is 10.9. The predicted octanol–water partition coefficient (Wildman–Crippen LogP) is 3.92. The summed E-state index contributed by atoms with van der Waals surface area (Å²) in [5.41, 5.74) is 1.19.